The van der Waals surface area contributed by atoms with Crippen LogP contribution in [0.2, 0.25) is 0 Å². The normalized spacial score (nSPS) is 16.1. The first kappa shape index (κ1) is 13.0. The molecule has 0 amide bonds. The highest BCUT2D eigenvalue weighted by atomic mass is 16.1. The van der Waals surface area contributed by atoms with Crippen LogP contribution in [0.5, 0.6) is 0 Å². The van der Waals surface area contributed by atoms with E-state index >= 15 is 0 Å². The van der Waals surface area contributed by atoms with Gasteiger partial charge in [-0.2, -0.15) is 5.10 Å². The highest BCUT2D eigenvalue weighted by Crippen LogP contribution is 2.39. The van der Waals surface area contributed by atoms with Gasteiger partial charge in [0, 0.05) is 12.4 Å². The molecule has 0 radical (unpaired) electrons. The summed E-state index contributed by atoms with van der Waals surface area (Å²) in [6, 6.07) is 4.32. The van der Waals surface area contributed by atoms with Gasteiger partial charge in [-0.1, -0.05) is 13.0 Å². The molecule has 0 saturated heterocycles. The molecule has 0 spiro atoms. The summed E-state index contributed by atoms with van der Waals surface area (Å²) < 4.78 is 1.94. The molecule has 1 fully saturated rings. The number of hydrogen-bond acceptors (Lipinski definition) is 3. The second kappa shape index (κ2) is 5.19. The first-order valence-corrected chi connectivity index (χ1v) is 7.23. The summed E-state index contributed by atoms with van der Waals surface area (Å²) >= 11 is 0. The molecule has 1 aliphatic rings. The van der Waals surface area contributed by atoms with Crippen molar-refractivity contribution in [2.45, 2.75) is 39.2 Å². The Bertz CT molecular complexity index is 628. The SMILES string of the molecule is CCc1cccnc1-c1nn(C(C)C2CC2)cc1C=O. The van der Waals surface area contributed by atoms with E-state index < -0.39 is 0 Å². The van der Waals surface area contributed by atoms with E-state index in [1.54, 1.807) is 6.20 Å². The van der Waals surface area contributed by atoms with Crippen LogP contribution in [0.3, 0.4) is 0 Å². The molecule has 0 N–H and O–H groups in total. The molecule has 1 unspecified atom stereocenters. The van der Waals surface area contributed by atoms with E-state index in [9.17, 15) is 4.79 Å². The number of nitrogens with zero attached hydrogens (tertiary/aromatic N) is 3. The monoisotopic (exact) mass is 269 g/mol. The first-order chi connectivity index (χ1) is 9.74. The number of aromatic nitrogens is 3. The Labute approximate surface area is 118 Å². The third kappa shape index (κ3) is 2.26. The van der Waals surface area contributed by atoms with E-state index in [4.69, 9.17) is 0 Å². The number of hydrogen-bond donors (Lipinski definition) is 0. The first-order valence-electron chi connectivity index (χ1n) is 7.23. The Hall–Kier alpha value is -1.97. The summed E-state index contributed by atoms with van der Waals surface area (Å²) in [5, 5.41) is 4.64. The molecular weight excluding hydrogens is 250 g/mol. The van der Waals surface area contributed by atoms with Gasteiger partial charge in [0.1, 0.15) is 5.69 Å². The number of carbonyl (C=O) groups excluding carboxylic acids is 1. The van der Waals surface area contributed by atoms with Crippen molar-refractivity contribution in [2.75, 3.05) is 0 Å². The van der Waals surface area contributed by atoms with Crippen LogP contribution in [0.25, 0.3) is 11.4 Å². The summed E-state index contributed by atoms with van der Waals surface area (Å²) in [6.07, 6.45) is 7.90. The molecule has 0 aliphatic heterocycles. The number of aryl methyl sites for hydroxylation is 1. The quantitative estimate of drug-likeness (QED) is 0.782. The number of pyridine rings is 1. The summed E-state index contributed by atoms with van der Waals surface area (Å²) in [4.78, 5) is 15.8. The Kier molecular flexibility index (Phi) is 3.38. The zero-order chi connectivity index (χ0) is 14.1. The third-order valence-corrected chi connectivity index (χ3v) is 4.11. The highest BCUT2D eigenvalue weighted by Gasteiger charge is 2.30. The van der Waals surface area contributed by atoms with Gasteiger partial charge in [-0.3, -0.25) is 14.5 Å². The Morgan fingerprint density at radius 2 is 2.25 bits per heavy atom. The highest BCUT2D eigenvalue weighted by molar-refractivity contribution is 5.85. The molecule has 20 heavy (non-hydrogen) atoms. The Balaban J connectivity index is 2.05. The number of aldehydes is 1. The van der Waals surface area contributed by atoms with Gasteiger partial charge < -0.3 is 0 Å². The maximum absolute atomic E-state index is 11.3. The van der Waals surface area contributed by atoms with Crippen molar-refractivity contribution in [3.8, 4) is 11.4 Å². The molecule has 4 nitrogen and oxygen atoms in total. The molecule has 1 aliphatic carbocycles. The molecule has 3 rings (SSSR count). The van der Waals surface area contributed by atoms with Gasteiger partial charge >= 0.3 is 0 Å². The maximum atomic E-state index is 11.3. The molecule has 2 aromatic rings. The van der Waals surface area contributed by atoms with E-state index in [1.165, 1.54) is 12.8 Å². The van der Waals surface area contributed by atoms with Gasteiger partial charge in [0.25, 0.3) is 0 Å². The smallest absolute Gasteiger partial charge is 0.153 e. The minimum atomic E-state index is 0.358. The van der Waals surface area contributed by atoms with Crippen LogP contribution in [0.15, 0.2) is 24.5 Å². The van der Waals surface area contributed by atoms with Crippen LogP contribution in [0, 0.1) is 5.92 Å². The van der Waals surface area contributed by atoms with E-state index in [-0.39, 0.29) is 0 Å². The van der Waals surface area contributed by atoms with Crippen LogP contribution in [0.4, 0.5) is 0 Å². The molecule has 1 saturated carbocycles. The average Bonchev–Trinajstić information content (AvgIpc) is 3.25. The fraction of sp³-hybridized carbons (Fsp3) is 0.438. The molecule has 104 valence electrons. The molecule has 4 heteroatoms. The standard InChI is InChI=1S/C16H19N3O/c1-3-12-5-4-8-17-15(12)16-14(10-20)9-19(18-16)11(2)13-6-7-13/h4-5,8-11,13H,3,6-7H2,1-2H3. The van der Waals surface area contributed by atoms with Crippen LogP contribution < -0.4 is 0 Å². The van der Waals surface area contributed by atoms with Crippen molar-refractivity contribution in [1.82, 2.24) is 14.8 Å². The fourth-order valence-electron chi connectivity index (χ4n) is 2.62. The zero-order valence-corrected chi connectivity index (χ0v) is 11.9. The molecule has 2 aromatic heterocycles. The summed E-state index contributed by atoms with van der Waals surface area (Å²) in [7, 11) is 0. The van der Waals surface area contributed by atoms with Crippen LogP contribution in [0.1, 0.15) is 48.7 Å². The van der Waals surface area contributed by atoms with Crippen molar-refractivity contribution in [2.24, 2.45) is 5.92 Å². The fourth-order valence-corrected chi connectivity index (χ4v) is 2.62. The second-order valence-corrected chi connectivity index (χ2v) is 5.47. The molecule has 0 bridgehead atoms. The predicted octanol–water partition coefficient (Wildman–Crippen LogP) is 3.29. The van der Waals surface area contributed by atoms with Crippen molar-refractivity contribution in [3.63, 3.8) is 0 Å². The van der Waals surface area contributed by atoms with Crippen LogP contribution >= 0.6 is 0 Å². The van der Waals surface area contributed by atoms with Crippen molar-refractivity contribution in [1.29, 1.82) is 0 Å². The Morgan fingerprint density at radius 3 is 2.90 bits per heavy atom. The lowest BCUT2D eigenvalue weighted by molar-refractivity contribution is 0.112. The number of rotatable bonds is 5. The zero-order valence-electron chi connectivity index (χ0n) is 11.9. The van der Waals surface area contributed by atoms with Gasteiger partial charge in [0.2, 0.25) is 0 Å². The topological polar surface area (TPSA) is 47.8 Å². The third-order valence-electron chi connectivity index (χ3n) is 4.11. The van der Waals surface area contributed by atoms with Crippen LogP contribution in [-0.2, 0) is 6.42 Å². The summed E-state index contributed by atoms with van der Waals surface area (Å²) in [5.74, 6) is 0.705. The summed E-state index contributed by atoms with van der Waals surface area (Å²) in [5.41, 5.74) is 3.30. The van der Waals surface area contributed by atoms with E-state index in [0.29, 0.717) is 23.2 Å². The minimum absolute atomic E-state index is 0.358. The van der Waals surface area contributed by atoms with Crippen LogP contribution in [-0.4, -0.2) is 21.1 Å². The second-order valence-electron chi connectivity index (χ2n) is 5.47. The molecular formula is C16H19N3O. The van der Waals surface area contributed by atoms with Gasteiger partial charge in [-0.25, -0.2) is 0 Å². The van der Waals surface area contributed by atoms with Gasteiger partial charge in [0.05, 0.1) is 17.3 Å². The lowest BCUT2D eigenvalue weighted by Gasteiger charge is -2.10. The molecule has 0 aromatic carbocycles. The lowest BCUT2D eigenvalue weighted by atomic mass is 10.1. The van der Waals surface area contributed by atoms with Gasteiger partial charge in [0.15, 0.2) is 6.29 Å². The maximum Gasteiger partial charge on any atom is 0.153 e. The lowest BCUT2D eigenvalue weighted by Crippen LogP contribution is -2.07. The minimum Gasteiger partial charge on any atom is -0.298 e. The van der Waals surface area contributed by atoms with E-state index in [2.05, 4.69) is 23.9 Å². The van der Waals surface area contributed by atoms with E-state index in [0.717, 1.165) is 24.0 Å². The van der Waals surface area contributed by atoms with E-state index in [1.807, 2.05) is 23.0 Å². The number of carbonyl (C=O) groups is 1. The van der Waals surface area contributed by atoms with Crippen molar-refractivity contribution < 1.29 is 4.79 Å². The molecule has 2 heterocycles. The van der Waals surface area contributed by atoms with Crippen molar-refractivity contribution >= 4 is 6.29 Å². The summed E-state index contributed by atoms with van der Waals surface area (Å²) in [6.45, 7) is 4.26. The predicted molar refractivity (Wildman–Crippen MR) is 77.7 cm³/mol. The average molecular weight is 269 g/mol. The van der Waals surface area contributed by atoms with Gasteiger partial charge in [-0.05, 0) is 43.7 Å². The Morgan fingerprint density at radius 1 is 1.45 bits per heavy atom. The largest absolute Gasteiger partial charge is 0.298 e. The molecule has 1 atom stereocenters. The van der Waals surface area contributed by atoms with Gasteiger partial charge in [-0.15, -0.1) is 0 Å². The van der Waals surface area contributed by atoms with Crippen molar-refractivity contribution in [3.05, 3.63) is 35.7 Å².